The van der Waals surface area contributed by atoms with Crippen molar-refractivity contribution >= 4 is 11.6 Å². The van der Waals surface area contributed by atoms with Gasteiger partial charge in [-0.1, -0.05) is 0 Å². The van der Waals surface area contributed by atoms with Crippen LogP contribution in [0.5, 0.6) is 11.5 Å². The molecule has 21 heavy (non-hydrogen) atoms. The fourth-order valence-electron chi connectivity index (χ4n) is 1.74. The van der Waals surface area contributed by atoms with E-state index in [-0.39, 0.29) is 5.91 Å². The molecule has 2 rings (SSSR count). The van der Waals surface area contributed by atoms with Crippen LogP contribution in [0, 0.1) is 0 Å². The maximum atomic E-state index is 11.9. The number of hydrogen-bond donors (Lipinski definition) is 2. The summed E-state index contributed by atoms with van der Waals surface area (Å²) < 4.78 is 10.5. The van der Waals surface area contributed by atoms with Crippen molar-refractivity contribution in [1.29, 1.82) is 0 Å². The second-order valence-corrected chi connectivity index (χ2v) is 4.40. The number of benzene rings is 2. The molecule has 0 bridgehead atoms. The summed E-state index contributed by atoms with van der Waals surface area (Å²) in [7, 11) is 1.59. The molecule has 1 amide bonds. The van der Waals surface area contributed by atoms with Crippen LogP contribution in [-0.2, 0) is 0 Å². The third-order valence-corrected chi connectivity index (χ3v) is 2.89. The highest BCUT2D eigenvalue weighted by Crippen LogP contribution is 2.13. The van der Waals surface area contributed by atoms with Crippen LogP contribution in [0.4, 0.5) is 5.69 Å². The summed E-state index contributed by atoms with van der Waals surface area (Å²) >= 11 is 0. The first-order valence-electron chi connectivity index (χ1n) is 6.59. The highest BCUT2D eigenvalue weighted by molar-refractivity contribution is 5.94. The topological polar surface area (TPSA) is 73.6 Å². The lowest BCUT2D eigenvalue weighted by Crippen LogP contribution is -2.28. The number of nitrogens with two attached hydrogens (primary N) is 1. The van der Waals surface area contributed by atoms with Gasteiger partial charge >= 0.3 is 0 Å². The van der Waals surface area contributed by atoms with Crippen LogP contribution in [0.3, 0.4) is 0 Å². The van der Waals surface area contributed by atoms with E-state index in [0.29, 0.717) is 24.4 Å². The van der Waals surface area contributed by atoms with Gasteiger partial charge in [0.15, 0.2) is 0 Å². The average molecular weight is 286 g/mol. The monoisotopic (exact) mass is 286 g/mol. The second-order valence-electron chi connectivity index (χ2n) is 4.40. The summed E-state index contributed by atoms with van der Waals surface area (Å²) in [5.41, 5.74) is 6.86. The van der Waals surface area contributed by atoms with E-state index in [0.717, 1.165) is 11.5 Å². The maximum absolute atomic E-state index is 11.9. The number of carbonyl (C=O) groups is 1. The van der Waals surface area contributed by atoms with E-state index in [2.05, 4.69) is 5.32 Å². The van der Waals surface area contributed by atoms with Gasteiger partial charge in [-0.25, -0.2) is 0 Å². The Morgan fingerprint density at radius 3 is 2.29 bits per heavy atom. The molecule has 0 aliphatic heterocycles. The molecule has 0 unspecified atom stereocenters. The molecule has 0 aliphatic rings. The van der Waals surface area contributed by atoms with Crippen molar-refractivity contribution in [2.75, 3.05) is 26.0 Å². The second kappa shape index (κ2) is 7.19. The van der Waals surface area contributed by atoms with Crippen molar-refractivity contribution in [3.05, 3.63) is 54.1 Å². The van der Waals surface area contributed by atoms with E-state index in [1.807, 2.05) is 0 Å². The molecule has 5 heteroatoms. The molecule has 5 nitrogen and oxygen atoms in total. The highest BCUT2D eigenvalue weighted by Gasteiger charge is 2.04. The first-order valence-corrected chi connectivity index (χ1v) is 6.59. The van der Waals surface area contributed by atoms with Crippen LogP contribution in [-0.4, -0.2) is 26.2 Å². The summed E-state index contributed by atoms with van der Waals surface area (Å²) in [6, 6.07) is 14.1. The number of anilines is 1. The van der Waals surface area contributed by atoms with Crippen molar-refractivity contribution in [1.82, 2.24) is 5.32 Å². The summed E-state index contributed by atoms with van der Waals surface area (Å²) in [6.07, 6.45) is 0. The highest BCUT2D eigenvalue weighted by atomic mass is 16.5. The number of rotatable bonds is 6. The molecule has 0 aromatic heterocycles. The Kier molecular flexibility index (Phi) is 5.04. The predicted octanol–water partition coefficient (Wildman–Crippen LogP) is 2.09. The van der Waals surface area contributed by atoms with Gasteiger partial charge in [-0.15, -0.1) is 0 Å². The summed E-state index contributed by atoms with van der Waals surface area (Å²) in [5.74, 6) is 1.31. The molecule has 0 radical (unpaired) electrons. The van der Waals surface area contributed by atoms with Gasteiger partial charge in [0, 0.05) is 11.3 Å². The molecular weight excluding hydrogens is 268 g/mol. The van der Waals surface area contributed by atoms with Gasteiger partial charge in [0.1, 0.15) is 18.1 Å². The quantitative estimate of drug-likeness (QED) is 0.630. The SMILES string of the molecule is COc1ccc(C(=O)NCCOc2ccc(N)cc2)cc1. The summed E-state index contributed by atoms with van der Waals surface area (Å²) in [5, 5.41) is 2.79. The first kappa shape index (κ1) is 14.7. The number of nitrogens with one attached hydrogen (secondary N) is 1. The Hall–Kier alpha value is -2.69. The molecule has 0 heterocycles. The predicted molar refractivity (Wildman–Crippen MR) is 81.7 cm³/mol. The van der Waals surface area contributed by atoms with E-state index in [1.54, 1.807) is 55.6 Å². The van der Waals surface area contributed by atoms with Crippen LogP contribution >= 0.6 is 0 Å². The Morgan fingerprint density at radius 2 is 1.67 bits per heavy atom. The zero-order valence-electron chi connectivity index (χ0n) is 11.8. The molecule has 0 atom stereocenters. The number of methoxy groups -OCH3 is 1. The van der Waals surface area contributed by atoms with Crippen molar-refractivity contribution in [3.63, 3.8) is 0 Å². The van der Waals surface area contributed by atoms with Gasteiger partial charge in [-0.2, -0.15) is 0 Å². The normalized spacial score (nSPS) is 9.95. The van der Waals surface area contributed by atoms with Gasteiger partial charge in [-0.3, -0.25) is 4.79 Å². The standard InChI is InChI=1S/C16H18N2O3/c1-20-14-6-2-12(3-7-14)16(19)18-10-11-21-15-8-4-13(17)5-9-15/h2-9H,10-11,17H2,1H3,(H,18,19). The lowest BCUT2D eigenvalue weighted by Gasteiger charge is -2.08. The number of nitrogen functional groups attached to an aromatic ring is 1. The number of amides is 1. The van der Waals surface area contributed by atoms with E-state index in [4.69, 9.17) is 15.2 Å². The van der Waals surface area contributed by atoms with Crippen molar-refractivity contribution in [3.8, 4) is 11.5 Å². The molecular formula is C16H18N2O3. The molecule has 0 spiro atoms. The molecule has 3 N–H and O–H groups in total. The van der Waals surface area contributed by atoms with Gasteiger partial charge < -0.3 is 20.5 Å². The minimum Gasteiger partial charge on any atom is -0.497 e. The number of ether oxygens (including phenoxy) is 2. The first-order chi connectivity index (χ1) is 10.2. The van der Waals surface area contributed by atoms with E-state index in [9.17, 15) is 4.79 Å². The van der Waals surface area contributed by atoms with Crippen LogP contribution < -0.4 is 20.5 Å². The molecule has 0 aliphatic carbocycles. The van der Waals surface area contributed by atoms with Crippen molar-refractivity contribution < 1.29 is 14.3 Å². The van der Waals surface area contributed by atoms with Gasteiger partial charge in [0.05, 0.1) is 13.7 Å². The smallest absolute Gasteiger partial charge is 0.251 e. The van der Waals surface area contributed by atoms with Crippen LogP contribution in [0.15, 0.2) is 48.5 Å². The number of carbonyl (C=O) groups excluding carboxylic acids is 1. The average Bonchev–Trinajstić information content (AvgIpc) is 2.53. The Morgan fingerprint density at radius 1 is 1.05 bits per heavy atom. The fraction of sp³-hybridized carbons (Fsp3) is 0.188. The van der Waals surface area contributed by atoms with Crippen LogP contribution in [0.2, 0.25) is 0 Å². The minimum absolute atomic E-state index is 0.140. The van der Waals surface area contributed by atoms with Gasteiger partial charge in [0.2, 0.25) is 0 Å². The fourth-order valence-corrected chi connectivity index (χ4v) is 1.74. The van der Waals surface area contributed by atoms with Gasteiger partial charge in [-0.05, 0) is 48.5 Å². The Bertz CT molecular complexity index is 579. The van der Waals surface area contributed by atoms with Crippen molar-refractivity contribution in [2.45, 2.75) is 0 Å². The van der Waals surface area contributed by atoms with Crippen LogP contribution in [0.1, 0.15) is 10.4 Å². The van der Waals surface area contributed by atoms with Crippen molar-refractivity contribution in [2.24, 2.45) is 0 Å². The zero-order valence-corrected chi connectivity index (χ0v) is 11.8. The van der Waals surface area contributed by atoms with E-state index < -0.39 is 0 Å². The molecule has 2 aromatic carbocycles. The minimum atomic E-state index is -0.140. The van der Waals surface area contributed by atoms with E-state index >= 15 is 0 Å². The largest absolute Gasteiger partial charge is 0.497 e. The van der Waals surface area contributed by atoms with E-state index in [1.165, 1.54) is 0 Å². The third kappa shape index (κ3) is 4.42. The third-order valence-electron chi connectivity index (χ3n) is 2.89. The summed E-state index contributed by atoms with van der Waals surface area (Å²) in [4.78, 5) is 11.9. The Balaban J connectivity index is 1.74. The number of hydrogen-bond acceptors (Lipinski definition) is 4. The molecule has 2 aromatic rings. The van der Waals surface area contributed by atoms with Crippen LogP contribution in [0.25, 0.3) is 0 Å². The molecule has 0 saturated heterocycles. The lowest BCUT2D eigenvalue weighted by atomic mass is 10.2. The molecule has 0 fully saturated rings. The molecule has 0 saturated carbocycles. The molecule has 110 valence electrons. The van der Waals surface area contributed by atoms with Gasteiger partial charge in [0.25, 0.3) is 5.91 Å². The zero-order chi connectivity index (χ0) is 15.1. The summed E-state index contributed by atoms with van der Waals surface area (Å²) in [6.45, 7) is 0.820. The Labute approximate surface area is 123 Å². The maximum Gasteiger partial charge on any atom is 0.251 e. The lowest BCUT2D eigenvalue weighted by molar-refractivity contribution is 0.0947.